The maximum Gasteiger partial charge on any atom is 0.120 e. The van der Waals surface area contributed by atoms with Crippen LogP contribution in [-0.4, -0.2) is 5.11 Å². The van der Waals surface area contributed by atoms with Crippen LogP contribution in [0, 0.1) is 13.8 Å². The van der Waals surface area contributed by atoms with Gasteiger partial charge >= 0.3 is 0 Å². The van der Waals surface area contributed by atoms with E-state index in [4.69, 9.17) is 5.73 Å². The van der Waals surface area contributed by atoms with Gasteiger partial charge in [-0.3, -0.25) is 0 Å². The lowest BCUT2D eigenvalue weighted by Gasteiger charge is -2.15. The van der Waals surface area contributed by atoms with E-state index in [9.17, 15) is 5.11 Å². The number of phenolic OH excluding ortho intramolecular Hbond substituents is 1. The van der Waals surface area contributed by atoms with E-state index < -0.39 is 0 Å². The Bertz CT molecular complexity index is 284. The van der Waals surface area contributed by atoms with Crippen molar-refractivity contribution in [3.63, 3.8) is 0 Å². The summed E-state index contributed by atoms with van der Waals surface area (Å²) in [5, 5.41) is 9.69. The van der Waals surface area contributed by atoms with Gasteiger partial charge in [0.2, 0.25) is 0 Å². The fraction of sp³-hybridized carbons (Fsp3) is 0.455. The number of aromatic hydroxyl groups is 1. The molecular formula is C11H17NO. The van der Waals surface area contributed by atoms with Crippen molar-refractivity contribution < 1.29 is 5.11 Å². The molecule has 0 heterocycles. The van der Waals surface area contributed by atoms with Gasteiger partial charge in [0.1, 0.15) is 5.75 Å². The standard InChI is InChI=1S/C11H17NO/c1-4-9(12)11-8(3)5-7(2)6-10(11)13/h5-6,9,13H,4,12H2,1-3H3/t9-/m0/s1. The van der Waals surface area contributed by atoms with Gasteiger partial charge in [0.25, 0.3) is 0 Å². The van der Waals surface area contributed by atoms with Gasteiger partial charge in [0.05, 0.1) is 0 Å². The first-order valence-corrected chi connectivity index (χ1v) is 4.62. The zero-order chi connectivity index (χ0) is 10.0. The highest BCUT2D eigenvalue weighted by molar-refractivity contribution is 5.43. The molecule has 1 aromatic rings. The highest BCUT2D eigenvalue weighted by atomic mass is 16.3. The van der Waals surface area contributed by atoms with Gasteiger partial charge in [-0.2, -0.15) is 0 Å². The summed E-state index contributed by atoms with van der Waals surface area (Å²) in [4.78, 5) is 0. The van der Waals surface area contributed by atoms with Gasteiger partial charge in [-0.1, -0.05) is 13.0 Å². The van der Waals surface area contributed by atoms with E-state index in [0.29, 0.717) is 5.75 Å². The van der Waals surface area contributed by atoms with Crippen LogP contribution in [0.5, 0.6) is 5.75 Å². The number of phenols is 1. The molecule has 0 spiro atoms. The normalized spacial score (nSPS) is 12.9. The Balaban J connectivity index is 3.20. The van der Waals surface area contributed by atoms with Gasteiger partial charge in [0, 0.05) is 11.6 Å². The molecule has 0 amide bonds. The van der Waals surface area contributed by atoms with E-state index in [1.54, 1.807) is 6.07 Å². The topological polar surface area (TPSA) is 46.2 Å². The molecule has 0 aromatic heterocycles. The third-order valence-electron chi connectivity index (χ3n) is 2.32. The fourth-order valence-electron chi connectivity index (χ4n) is 1.64. The largest absolute Gasteiger partial charge is 0.508 e. The molecule has 1 atom stereocenters. The van der Waals surface area contributed by atoms with E-state index in [1.807, 2.05) is 26.8 Å². The minimum atomic E-state index is -0.0550. The first-order valence-electron chi connectivity index (χ1n) is 4.62. The van der Waals surface area contributed by atoms with Crippen LogP contribution in [0.1, 0.15) is 36.1 Å². The Labute approximate surface area is 79.4 Å². The van der Waals surface area contributed by atoms with Crippen LogP contribution in [0.4, 0.5) is 0 Å². The van der Waals surface area contributed by atoms with Crippen molar-refractivity contribution in [2.24, 2.45) is 5.73 Å². The second-order valence-corrected chi connectivity index (χ2v) is 3.53. The number of hydrogen-bond donors (Lipinski definition) is 2. The van der Waals surface area contributed by atoms with Crippen molar-refractivity contribution in [1.29, 1.82) is 0 Å². The lowest BCUT2D eigenvalue weighted by Crippen LogP contribution is -2.10. The maximum atomic E-state index is 9.69. The number of hydrogen-bond acceptors (Lipinski definition) is 2. The van der Waals surface area contributed by atoms with Crippen molar-refractivity contribution in [3.05, 3.63) is 28.8 Å². The van der Waals surface area contributed by atoms with Crippen LogP contribution in [-0.2, 0) is 0 Å². The zero-order valence-electron chi connectivity index (χ0n) is 8.46. The molecule has 0 bridgehead atoms. The van der Waals surface area contributed by atoms with Crippen molar-refractivity contribution in [2.75, 3.05) is 0 Å². The van der Waals surface area contributed by atoms with Gasteiger partial charge in [-0.15, -0.1) is 0 Å². The second kappa shape index (κ2) is 3.79. The minimum Gasteiger partial charge on any atom is -0.508 e. The van der Waals surface area contributed by atoms with Crippen LogP contribution < -0.4 is 5.73 Å². The predicted octanol–water partition coefficient (Wildman–Crippen LogP) is 2.42. The summed E-state index contributed by atoms with van der Waals surface area (Å²) in [5.41, 5.74) is 8.92. The summed E-state index contributed by atoms with van der Waals surface area (Å²) >= 11 is 0. The first kappa shape index (κ1) is 10.1. The molecule has 0 aliphatic carbocycles. The molecule has 0 radical (unpaired) electrons. The molecule has 13 heavy (non-hydrogen) atoms. The quantitative estimate of drug-likeness (QED) is 0.732. The van der Waals surface area contributed by atoms with Crippen LogP contribution in [0.25, 0.3) is 0 Å². The summed E-state index contributed by atoms with van der Waals surface area (Å²) in [6.45, 7) is 5.97. The van der Waals surface area contributed by atoms with Crippen LogP contribution in [0.2, 0.25) is 0 Å². The third-order valence-corrected chi connectivity index (χ3v) is 2.32. The summed E-state index contributed by atoms with van der Waals surface area (Å²) in [6, 6.07) is 3.75. The molecule has 0 aliphatic heterocycles. The molecule has 0 aliphatic rings. The minimum absolute atomic E-state index is 0.0550. The molecule has 0 saturated carbocycles. The molecule has 1 rings (SSSR count). The first-order chi connectivity index (χ1) is 6.06. The molecular weight excluding hydrogens is 162 g/mol. The number of rotatable bonds is 2. The van der Waals surface area contributed by atoms with Gasteiger partial charge < -0.3 is 10.8 Å². The molecule has 1 aromatic carbocycles. The smallest absolute Gasteiger partial charge is 0.120 e. The van der Waals surface area contributed by atoms with E-state index in [-0.39, 0.29) is 6.04 Å². The number of aryl methyl sites for hydroxylation is 2. The molecule has 0 unspecified atom stereocenters. The van der Waals surface area contributed by atoms with Crippen LogP contribution in [0.3, 0.4) is 0 Å². The van der Waals surface area contributed by atoms with E-state index >= 15 is 0 Å². The predicted molar refractivity (Wildman–Crippen MR) is 54.8 cm³/mol. The summed E-state index contributed by atoms with van der Waals surface area (Å²) in [5.74, 6) is 0.326. The van der Waals surface area contributed by atoms with Gasteiger partial charge in [0.15, 0.2) is 0 Å². The Morgan fingerprint density at radius 3 is 2.46 bits per heavy atom. The Kier molecular flexibility index (Phi) is 2.94. The molecule has 2 heteroatoms. The van der Waals surface area contributed by atoms with E-state index in [2.05, 4.69) is 0 Å². The Hall–Kier alpha value is -1.02. The van der Waals surface area contributed by atoms with Gasteiger partial charge in [-0.05, 0) is 37.5 Å². The average Bonchev–Trinajstić information content (AvgIpc) is 2.02. The van der Waals surface area contributed by atoms with E-state index in [0.717, 1.165) is 23.1 Å². The van der Waals surface area contributed by atoms with Crippen LogP contribution >= 0.6 is 0 Å². The zero-order valence-corrected chi connectivity index (χ0v) is 8.46. The molecule has 0 saturated heterocycles. The number of nitrogens with two attached hydrogens (primary N) is 1. The third kappa shape index (κ3) is 2.01. The maximum absolute atomic E-state index is 9.69. The molecule has 0 fully saturated rings. The summed E-state index contributed by atoms with van der Waals surface area (Å²) in [6.07, 6.45) is 0.845. The fourth-order valence-corrected chi connectivity index (χ4v) is 1.64. The van der Waals surface area contributed by atoms with Crippen molar-refractivity contribution in [2.45, 2.75) is 33.2 Å². The highest BCUT2D eigenvalue weighted by Crippen LogP contribution is 2.29. The van der Waals surface area contributed by atoms with Crippen LogP contribution in [0.15, 0.2) is 12.1 Å². The average molecular weight is 179 g/mol. The summed E-state index contributed by atoms with van der Waals surface area (Å²) < 4.78 is 0. The van der Waals surface area contributed by atoms with Crippen molar-refractivity contribution in [1.82, 2.24) is 0 Å². The monoisotopic (exact) mass is 179 g/mol. The molecule has 3 N–H and O–H groups in total. The number of benzene rings is 1. The Morgan fingerprint density at radius 1 is 1.38 bits per heavy atom. The van der Waals surface area contributed by atoms with E-state index in [1.165, 1.54) is 0 Å². The lowest BCUT2D eigenvalue weighted by atomic mass is 9.97. The summed E-state index contributed by atoms with van der Waals surface area (Å²) in [7, 11) is 0. The van der Waals surface area contributed by atoms with Crippen molar-refractivity contribution >= 4 is 0 Å². The van der Waals surface area contributed by atoms with Crippen molar-refractivity contribution in [3.8, 4) is 5.75 Å². The Morgan fingerprint density at radius 2 is 2.00 bits per heavy atom. The van der Waals surface area contributed by atoms with Gasteiger partial charge in [-0.25, -0.2) is 0 Å². The molecule has 72 valence electrons. The second-order valence-electron chi connectivity index (χ2n) is 3.53. The SMILES string of the molecule is CC[C@H](N)c1c(C)cc(C)cc1O. The lowest BCUT2D eigenvalue weighted by molar-refractivity contribution is 0.459. The molecule has 2 nitrogen and oxygen atoms in total. The highest BCUT2D eigenvalue weighted by Gasteiger charge is 2.11.